The minimum atomic E-state index is -0.331. The van der Waals surface area contributed by atoms with Gasteiger partial charge in [-0.15, -0.1) is 9.24 Å². The molecule has 122 valence electrons. The van der Waals surface area contributed by atoms with Gasteiger partial charge in [0.15, 0.2) is 5.78 Å². The average molecular weight is 335 g/mol. The molecule has 1 spiro atoms. The van der Waals surface area contributed by atoms with Gasteiger partial charge in [-0.3, -0.25) is 4.79 Å². The first-order valence-electron chi connectivity index (χ1n) is 8.71. The van der Waals surface area contributed by atoms with Crippen LogP contribution in [0.3, 0.4) is 0 Å². The van der Waals surface area contributed by atoms with Crippen molar-refractivity contribution in [1.82, 2.24) is 0 Å². The van der Waals surface area contributed by atoms with Gasteiger partial charge in [0.25, 0.3) is 0 Å². The van der Waals surface area contributed by atoms with Gasteiger partial charge in [0.05, 0.1) is 0 Å². The lowest BCUT2D eigenvalue weighted by molar-refractivity contribution is 0.0801. The molecule has 3 aliphatic carbocycles. The third kappa shape index (κ3) is 2.66. The lowest BCUT2D eigenvalue weighted by Crippen LogP contribution is -2.34. The lowest BCUT2D eigenvalue weighted by atomic mass is 9.68. The van der Waals surface area contributed by atoms with Crippen molar-refractivity contribution >= 4 is 20.7 Å². The van der Waals surface area contributed by atoms with Crippen LogP contribution in [0, 0.1) is 28.6 Å². The molecule has 0 aliphatic heterocycles. The van der Waals surface area contributed by atoms with Crippen LogP contribution in [0.2, 0.25) is 0 Å². The Labute approximate surface area is 145 Å². The Balaban J connectivity index is 1.66. The summed E-state index contributed by atoms with van der Waals surface area (Å²) in [5.74, 6) is 7.35. The van der Waals surface area contributed by atoms with Gasteiger partial charge in [-0.25, -0.2) is 0 Å². The minimum Gasteiger partial charge on any atom is -0.305 e. The van der Waals surface area contributed by atoms with Crippen LogP contribution in [-0.2, 0) is 6.42 Å². The lowest BCUT2D eigenvalue weighted by Gasteiger charge is -2.34. The van der Waals surface area contributed by atoms with E-state index in [0.717, 1.165) is 40.4 Å². The van der Waals surface area contributed by atoms with Crippen LogP contribution in [0.25, 0.3) is 0 Å². The Morgan fingerprint density at radius 3 is 2.83 bits per heavy atom. The molecule has 0 radical (unpaired) electrons. The molecule has 2 nitrogen and oxygen atoms in total. The number of carbonyl (C=O) groups is 1. The predicted octanol–water partition coefficient (Wildman–Crippen LogP) is 4.53. The summed E-state index contributed by atoms with van der Waals surface area (Å²) >= 11 is 0. The highest BCUT2D eigenvalue weighted by Gasteiger charge is 2.48. The molecule has 2 fully saturated rings. The maximum absolute atomic E-state index is 13.2. The largest absolute Gasteiger partial charge is 0.305 e. The zero-order chi connectivity index (χ0) is 16.9. The normalized spacial score (nSPS) is 27.8. The van der Waals surface area contributed by atoms with Crippen molar-refractivity contribution in [2.45, 2.75) is 45.4 Å². The molecule has 0 aromatic heterocycles. The van der Waals surface area contributed by atoms with Crippen LogP contribution in [0.4, 0.5) is 0 Å². The van der Waals surface area contributed by atoms with Gasteiger partial charge in [-0.1, -0.05) is 23.2 Å². The van der Waals surface area contributed by atoms with Crippen molar-refractivity contribution < 1.29 is 4.79 Å². The SMILES string of the molecule is C/C(P)=C1\CC2(CCC1=N)Cc1ccc(C#CC3CC3)cc1C2=O. The Hall–Kier alpha value is -1.71. The summed E-state index contributed by atoms with van der Waals surface area (Å²) in [7, 11) is 2.71. The first kappa shape index (κ1) is 15.8. The monoisotopic (exact) mass is 335 g/mol. The van der Waals surface area contributed by atoms with Crippen LogP contribution in [0.1, 0.15) is 60.5 Å². The summed E-state index contributed by atoms with van der Waals surface area (Å²) < 4.78 is 0. The van der Waals surface area contributed by atoms with Crippen molar-refractivity contribution in [3.63, 3.8) is 0 Å². The van der Waals surface area contributed by atoms with E-state index in [-0.39, 0.29) is 11.2 Å². The molecular weight excluding hydrogens is 313 g/mol. The molecule has 1 N–H and O–H groups in total. The number of Topliss-reactive ketones (excluding diaryl/α,β-unsaturated/α-hetero) is 1. The Morgan fingerprint density at radius 1 is 1.33 bits per heavy atom. The van der Waals surface area contributed by atoms with Crippen molar-refractivity contribution in [2.75, 3.05) is 0 Å². The van der Waals surface area contributed by atoms with E-state index in [2.05, 4.69) is 33.2 Å². The molecule has 3 heteroatoms. The minimum absolute atomic E-state index is 0.267. The van der Waals surface area contributed by atoms with Crippen LogP contribution in [0.5, 0.6) is 0 Å². The van der Waals surface area contributed by atoms with Gasteiger partial charge < -0.3 is 5.41 Å². The number of carbonyl (C=O) groups excluding carboxylic acids is 1. The molecule has 0 saturated heterocycles. The fourth-order valence-electron chi connectivity index (χ4n) is 3.93. The van der Waals surface area contributed by atoms with Crippen LogP contribution < -0.4 is 0 Å². The Bertz CT molecular complexity index is 846. The molecule has 0 bridgehead atoms. The highest BCUT2D eigenvalue weighted by Crippen LogP contribution is 2.49. The van der Waals surface area contributed by atoms with Gasteiger partial charge in [0.1, 0.15) is 0 Å². The highest BCUT2D eigenvalue weighted by molar-refractivity contribution is 7.22. The van der Waals surface area contributed by atoms with Gasteiger partial charge in [-0.05, 0) is 68.7 Å². The van der Waals surface area contributed by atoms with Crippen molar-refractivity contribution in [3.8, 4) is 11.8 Å². The summed E-state index contributed by atoms with van der Waals surface area (Å²) in [6.07, 6.45) is 5.45. The molecule has 4 rings (SSSR count). The number of fused-ring (bicyclic) bond motifs is 1. The molecule has 2 saturated carbocycles. The van der Waals surface area contributed by atoms with Crippen molar-refractivity contribution in [3.05, 3.63) is 45.8 Å². The van der Waals surface area contributed by atoms with Crippen LogP contribution >= 0.6 is 9.24 Å². The molecular formula is C21H22NOP. The van der Waals surface area contributed by atoms with Crippen molar-refractivity contribution in [2.24, 2.45) is 11.3 Å². The molecule has 3 aliphatic rings. The third-order valence-electron chi connectivity index (χ3n) is 5.57. The van der Waals surface area contributed by atoms with Crippen LogP contribution in [-0.4, -0.2) is 11.5 Å². The molecule has 2 unspecified atom stereocenters. The third-order valence-corrected chi connectivity index (χ3v) is 5.92. The van der Waals surface area contributed by atoms with Gasteiger partial charge in [0, 0.05) is 28.2 Å². The van der Waals surface area contributed by atoms with Gasteiger partial charge in [-0.2, -0.15) is 0 Å². The number of rotatable bonds is 0. The fraction of sp³-hybridized carbons (Fsp3) is 0.429. The molecule has 24 heavy (non-hydrogen) atoms. The van der Waals surface area contributed by atoms with E-state index in [1.165, 1.54) is 12.8 Å². The predicted molar refractivity (Wildman–Crippen MR) is 100 cm³/mol. The molecule has 0 amide bonds. The number of nitrogens with one attached hydrogen (secondary N) is 1. The maximum atomic E-state index is 13.2. The van der Waals surface area contributed by atoms with E-state index >= 15 is 0 Å². The molecule has 0 heterocycles. The second kappa shape index (κ2) is 5.68. The zero-order valence-electron chi connectivity index (χ0n) is 14.0. The first-order chi connectivity index (χ1) is 11.5. The number of ketones is 1. The zero-order valence-corrected chi connectivity index (χ0v) is 15.2. The summed E-state index contributed by atoms with van der Waals surface area (Å²) in [5, 5.41) is 9.28. The van der Waals surface area contributed by atoms with Crippen molar-refractivity contribution in [1.29, 1.82) is 5.41 Å². The van der Waals surface area contributed by atoms with E-state index in [4.69, 9.17) is 5.41 Å². The summed E-state index contributed by atoms with van der Waals surface area (Å²) in [6.45, 7) is 2.02. The number of benzene rings is 1. The molecule has 2 atom stereocenters. The standard InChI is InChI=1S/C21H22NOP/c1-13(24)18-12-21(9-8-19(18)22)11-16-7-6-15(5-4-14-2-3-14)10-17(16)20(21)23/h6-7,10,14,22H,2-3,8-9,11-12,24H2,1H3/b18-13-,22-19?. The smallest absolute Gasteiger partial charge is 0.170 e. The topological polar surface area (TPSA) is 40.9 Å². The summed E-state index contributed by atoms with van der Waals surface area (Å²) in [5.41, 5.74) is 4.42. The second-order valence-corrected chi connectivity index (χ2v) is 8.38. The quantitative estimate of drug-likeness (QED) is 0.549. The van der Waals surface area contributed by atoms with Gasteiger partial charge >= 0.3 is 0 Å². The average Bonchev–Trinajstić information content (AvgIpc) is 3.35. The van der Waals surface area contributed by atoms with Crippen LogP contribution in [0.15, 0.2) is 29.1 Å². The van der Waals surface area contributed by atoms with E-state index in [1.807, 2.05) is 13.0 Å². The highest BCUT2D eigenvalue weighted by atomic mass is 31.0. The number of allylic oxidation sites excluding steroid dienone is 2. The molecule has 1 aromatic rings. The Kier molecular flexibility index (Phi) is 3.74. The first-order valence-corrected chi connectivity index (χ1v) is 9.28. The maximum Gasteiger partial charge on any atom is 0.170 e. The Morgan fingerprint density at radius 2 is 2.12 bits per heavy atom. The number of hydrogen-bond acceptors (Lipinski definition) is 2. The van der Waals surface area contributed by atoms with E-state index < -0.39 is 0 Å². The summed E-state index contributed by atoms with van der Waals surface area (Å²) in [4.78, 5) is 13.2. The summed E-state index contributed by atoms with van der Waals surface area (Å²) in [6, 6.07) is 6.15. The van der Waals surface area contributed by atoms with E-state index in [9.17, 15) is 4.79 Å². The number of hydrogen-bond donors (Lipinski definition) is 1. The van der Waals surface area contributed by atoms with E-state index in [0.29, 0.717) is 24.5 Å². The molecule has 1 aromatic carbocycles. The second-order valence-electron chi connectivity index (χ2n) is 7.52. The van der Waals surface area contributed by atoms with Gasteiger partial charge in [0.2, 0.25) is 0 Å². The fourth-order valence-corrected chi connectivity index (χ4v) is 4.21. The van der Waals surface area contributed by atoms with E-state index in [1.54, 1.807) is 0 Å².